The maximum absolute atomic E-state index is 11.7. The fraction of sp³-hybridized carbons (Fsp3) is 0.500. The van der Waals surface area contributed by atoms with E-state index in [2.05, 4.69) is 15.6 Å². The molecule has 5 heteroatoms. The molecule has 94 valence electrons. The zero-order chi connectivity index (χ0) is 11.2. The number of nitrogens with zero attached hydrogens (tertiary/aromatic N) is 1. The van der Waals surface area contributed by atoms with Crippen LogP contribution in [0.2, 0.25) is 0 Å². The number of ketones is 1. The van der Waals surface area contributed by atoms with Gasteiger partial charge in [0, 0.05) is 18.8 Å². The molecular formula is C12H18ClN3O. The van der Waals surface area contributed by atoms with Crippen LogP contribution in [-0.4, -0.2) is 36.4 Å². The van der Waals surface area contributed by atoms with Gasteiger partial charge in [0.15, 0.2) is 5.78 Å². The van der Waals surface area contributed by atoms with Gasteiger partial charge in [-0.25, -0.2) is 0 Å². The van der Waals surface area contributed by atoms with Gasteiger partial charge in [-0.05, 0) is 31.5 Å². The Labute approximate surface area is 108 Å². The number of aromatic nitrogens is 1. The highest BCUT2D eigenvalue weighted by molar-refractivity contribution is 5.95. The SMILES string of the molecule is Cl.O=C(CNCC1CCCN1)c1ccccn1. The number of halogens is 1. The van der Waals surface area contributed by atoms with Crippen molar-refractivity contribution < 1.29 is 4.79 Å². The van der Waals surface area contributed by atoms with Crippen molar-refractivity contribution in [3.05, 3.63) is 30.1 Å². The molecule has 0 saturated carbocycles. The fourth-order valence-corrected chi connectivity index (χ4v) is 1.91. The smallest absolute Gasteiger partial charge is 0.194 e. The molecule has 0 bridgehead atoms. The van der Waals surface area contributed by atoms with E-state index in [1.54, 1.807) is 12.3 Å². The van der Waals surface area contributed by atoms with Crippen LogP contribution in [0.4, 0.5) is 0 Å². The van der Waals surface area contributed by atoms with E-state index in [0.29, 0.717) is 18.3 Å². The predicted molar refractivity (Wildman–Crippen MR) is 69.7 cm³/mol. The minimum atomic E-state index is 0. The van der Waals surface area contributed by atoms with E-state index >= 15 is 0 Å². The fourth-order valence-electron chi connectivity index (χ4n) is 1.91. The Morgan fingerprint density at radius 3 is 3.06 bits per heavy atom. The summed E-state index contributed by atoms with van der Waals surface area (Å²) >= 11 is 0. The van der Waals surface area contributed by atoms with Crippen molar-refractivity contribution in [1.82, 2.24) is 15.6 Å². The first-order chi connectivity index (χ1) is 7.86. The van der Waals surface area contributed by atoms with Crippen LogP contribution < -0.4 is 10.6 Å². The van der Waals surface area contributed by atoms with Crippen molar-refractivity contribution in [3.63, 3.8) is 0 Å². The quantitative estimate of drug-likeness (QED) is 0.772. The van der Waals surface area contributed by atoms with Crippen LogP contribution in [0.5, 0.6) is 0 Å². The minimum absolute atomic E-state index is 0. The molecule has 1 fully saturated rings. The Balaban J connectivity index is 0.00000144. The van der Waals surface area contributed by atoms with Crippen molar-refractivity contribution in [3.8, 4) is 0 Å². The molecule has 1 unspecified atom stereocenters. The van der Waals surface area contributed by atoms with Crippen molar-refractivity contribution >= 4 is 18.2 Å². The molecule has 2 rings (SSSR count). The van der Waals surface area contributed by atoms with E-state index in [1.165, 1.54) is 12.8 Å². The highest BCUT2D eigenvalue weighted by Gasteiger charge is 2.14. The molecular weight excluding hydrogens is 238 g/mol. The lowest BCUT2D eigenvalue weighted by molar-refractivity contribution is 0.0986. The standard InChI is InChI=1S/C12H17N3O.ClH/c16-12(11-5-1-2-6-15-11)9-13-8-10-4-3-7-14-10;/h1-2,5-6,10,13-14H,3-4,7-9H2;1H. The van der Waals surface area contributed by atoms with Crippen molar-refractivity contribution in [1.29, 1.82) is 0 Å². The zero-order valence-electron chi connectivity index (χ0n) is 9.69. The third-order valence-corrected chi connectivity index (χ3v) is 2.79. The molecule has 1 saturated heterocycles. The molecule has 0 aromatic carbocycles. The normalized spacial score (nSPS) is 18.7. The summed E-state index contributed by atoms with van der Waals surface area (Å²) in [6, 6.07) is 5.92. The van der Waals surface area contributed by atoms with Gasteiger partial charge in [0.25, 0.3) is 0 Å². The summed E-state index contributed by atoms with van der Waals surface area (Å²) < 4.78 is 0. The Hall–Kier alpha value is -0.970. The first-order valence-electron chi connectivity index (χ1n) is 5.74. The summed E-state index contributed by atoms with van der Waals surface area (Å²) in [5.74, 6) is 0.0543. The van der Waals surface area contributed by atoms with Gasteiger partial charge in [-0.2, -0.15) is 0 Å². The molecule has 0 amide bonds. The second-order valence-corrected chi connectivity index (χ2v) is 4.06. The number of hydrogen-bond acceptors (Lipinski definition) is 4. The number of carbonyl (C=O) groups excluding carboxylic acids is 1. The number of hydrogen-bond donors (Lipinski definition) is 2. The largest absolute Gasteiger partial charge is 0.313 e. The van der Waals surface area contributed by atoms with Gasteiger partial charge in [0.2, 0.25) is 0 Å². The maximum atomic E-state index is 11.7. The third-order valence-electron chi connectivity index (χ3n) is 2.79. The third kappa shape index (κ3) is 4.42. The molecule has 0 spiro atoms. The Morgan fingerprint density at radius 1 is 1.53 bits per heavy atom. The van der Waals surface area contributed by atoms with Crippen LogP contribution >= 0.6 is 12.4 Å². The topological polar surface area (TPSA) is 54.0 Å². The average Bonchev–Trinajstić information content (AvgIpc) is 2.83. The molecule has 2 N–H and O–H groups in total. The van der Waals surface area contributed by atoms with Crippen molar-refractivity contribution in [2.24, 2.45) is 0 Å². The summed E-state index contributed by atoms with van der Waals surface area (Å²) in [5.41, 5.74) is 0.536. The monoisotopic (exact) mass is 255 g/mol. The van der Waals surface area contributed by atoms with Crippen LogP contribution in [0.3, 0.4) is 0 Å². The highest BCUT2D eigenvalue weighted by Crippen LogP contribution is 2.03. The number of Topliss-reactive ketones (excluding diaryl/α,β-unsaturated/α-hetero) is 1. The number of carbonyl (C=O) groups is 1. The highest BCUT2D eigenvalue weighted by atomic mass is 35.5. The number of pyridine rings is 1. The molecule has 17 heavy (non-hydrogen) atoms. The van der Waals surface area contributed by atoms with Gasteiger partial charge in [-0.1, -0.05) is 6.07 Å². The van der Waals surface area contributed by atoms with Gasteiger partial charge < -0.3 is 10.6 Å². The van der Waals surface area contributed by atoms with Gasteiger partial charge in [-0.15, -0.1) is 12.4 Å². The van der Waals surface area contributed by atoms with E-state index in [-0.39, 0.29) is 18.2 Å². The van der Waals surface area contributed by atoms with Gasteiger partial charge in [0.05, 0.1) is 6.54 Å². The summed E-state index contributed by atoms with van der Waals surface area (Å²) in [7, 11) is 0. The van der Waals surface area contributed by atoms with Crippen LogP contribution in [0.1, 0.15) is 23.3 Å². The Morgan fingerprint density at radius 2 is 2.41 bits per heavy atom. The lowest BCUT2D eigenvalue weighted by Crippen LogP contribution is -2.36. The molecule has 4 nitrogen and oxygen atoms in total. The van der Waals surface area contributed by atoms with Crippen molar-refractivity contribution in [2.75, 3.05) is 19.6 Å². The van der Waals surface area contributed by atoms with E-state index in [4.69, 9.17) is 0 Å². The summed E-state index contributed by atoms with van der Waals surface area (Å²) in [6.45, 7) is 2.33. The molecule has 0 radical (unpaired) electrons. The predicted octanol–water partition coefficient (Wildman–Crippen LogP) is 1.03. The summed E-state index contributed by atoms with van der Waals surface area (Å²) in [6.07, 6.45) is 4.08. The van der Waals surface area contributed by atoms with Crippen LogP contribution in [-0.2, 0) is 0 Å². The summed E-state index contributed by atoms with van der Waals surface area (Å²) in [4.78, 5) is 15.7. The lowest BCUT2D eigenvalue weighted by atomic mass is 10.2. The second kappa shape index (κ2) is 7.37. The van der Waals surface area contributed by atoms with E-state index in [0.717, 1.165) is 13.1 Å². The van der Waals surface area contributed by atoms with Crippen LogP contribution in [0.15, 0.2) is 24.4 Å². The lowest BCUT2D eigenvalue weighted by Gasteiger charge is -2.10. The Kier molecular flexibility index (Phi) is 6.11. The second-order valence-electron chi connectivity index (χ2n) is 4.06. The van der Waals surface area contributed by atoms with Gasteiger partial charge in [-0.3, -0.25) is 9.78 Å². The molecule has 1 aromatic rings. The molecule has 1 atom stereocenters. The maximum Gasteiger partial charge on any atom is 0.194 e. The van der Waals surface area contributed by atoms with Crippen molar-refractivity contribution in [2.45, 2.75) is 18.9 Å². The first-order valence-corrected chi connectivity index (χ1v) is 5.74. The minimum Gasteiger partial charge on any atom is -0.313 e. The number of rotatable bonds is 5. The molecule has 0 aliphatic carbocycles. The van der Waals surface area contributed by atoms with E-state index in [9.17, 15) is 4.79 Å². The van der Waals surface area contributed by atoms with Crippen LogP contribution in [0, 0.1) is 0 Å². The van der Waals surface area contributed by atoms with Gasteiger partial charge >= 0.3 is 0 Å². The summed E-state index contributed by atoms with van der Waals surface area (Å²) in [5, 5.41) is 6.55. The first kappa shape index (κ1) is 14.1. The van der Waals surface area contributed by atoms with E-state index in [1.807, 2.05) is 12.1 Å². The zero-order valence-corrected chi connectivity index (χ0v) is 10.5. The van der Waals surface area contributed by atoms with E-state index < -0.39 is 0 Å². The van der Waals surface area contributed by atoms with Gasteiger partial charge in [0.1, 0.15) is 5.69 Å². The number of nitrogens with one attached hydrogen (secondary N) is 2. The molecule has 1 aromatic heterocycles. The average molecular weight is 256 g/mol. The molecule has 1 aliphatic rings. The van der Waals surface area contributed by atoms with Crippen LogP contribution in [0.25, 0.3) is 0 Å². The molecule has 1 aliphatic heterocycles. The molecule has 2 heterocycles. The Bertz CT molecular complexity index is 339.